The van der Waals surface area contributed by atoms with Crippen LogP contribution in [-0.4, -0.2) is 5.78 Å². The van der Waals surface area contributed by atoms with Gasteiger partial charge in [0.1, 0.15) is 0 Å². The number of hydrogen-bond acceptors (Lipinski definition) is 1. The van der Waals surface area contributed by atoms with Crippen molar-refractivity contribution < 1.29 is 4.79 Å². The quantitative estimate of drug-likeness (QED) is 0.335. The molecule has 2 aromatic carbocycles. The average molecular weight is 363 g/mol. The average Bonchev–Trinajstić information content (AvgIpc) is 2.67. The van der Waals surface area contributed by atoms with Crippen LogP contribution in [0.4, 0.5) is 0 Å². The highest BCUT2D eigenvalue weighted by molar-refractivity contribution is 5.96. The standard InChI is InChI=1S/C26H34O/c1-6-7-8-21(4)25(22(5)23-13-9-19(2)10-14-23)17-18-26(27)24-15-11-20(3)12-16-24/h8-16,22,25H,6-7,17-18H2,1-5H3/t22-,25+/m1/s1. The Morgan fingerprint density at radius 2 is 1.52 bits per heavy atom. The molecule has 0 saturated heterocycles. The predicted octanol–water partition coefficient (Wildman–Crippen LogP) is 7.43. The van der Waals surface area contributed by atoms with Gasteiger partial charge in [0, 0.05) is 12.0 Å². The summed E-state index contributed by atoms with van der Waals surface area (Å²) in [4.78, 5) is 12.7. The molecule has 0 aromatic heterocycles. The van der Waals surface area contributed by atoms with Gasteiger partial charge in [-0.25, -0.2) is 0 Å². The Labute approximate surface area is 165 Å². The van der Waals surface area contributed by atoms with Crippen molar-refractivity contribution in [3.63, 3.8) is 0 Å². The van der Waals surface area contributed by atoms with Gasteiger partial charge in [0.2, 0.25) is 0 Å². The second-order valence-corrected chi connectivity index (χ2v) is 7.87. The van der Waals surface area contributed by atoms with Gasteiger partial charge in [-0.2, -0.15) is 0 Å². The predicted molar refractivity (Wildman–Crippen MR) is 116 cm³/mol. The van der Waals surface area contributed by atoms with Gasteiger partial charge in [0.25, 0.3) is 0 Å². The van der Waals surface area contributed by atoms with Crippen molar-refractivity contribution in [2.24, 2.45) is 5.92 Å². The minimum absolute atomic E-state index is 0.249. The minimum Gasteiger partial charge on any atom is -0.294 e. The molecular weight excluding hydrogens is 328 g/mol. The second kappa shape index (κ2) is 10.3. The Hall–Kier alpha value is -2.15. The van der Waals surface area contributed by atoms with Crippen LogP contribution in [-0.2, 0) is 0 Å². The number of rotatable bonds is 9. The zero-order valence-electron chi connectivity index (χ0n) is 17.6. The Morgan fingerprint density at radius 3 is 2.07 bits per heavy atom. The van der Waals surface area contributed by atoms with E-state index in [2.05, 4.69) is 65.0 Å². The Bertz CT molecular complexity index is 750. The van der Waals surface area contributed by atoms with E-state index in [1.54, 1.807) is 0 Å². The molecule has 0 aliphatic carbocycles. The summed E-state index contributed by atoms with van der Waals surface area (Å²) in [5.41, 5.74) is 6.09. The molecule has 0 fully saturated rings. The van der Waals surface area contributed by atoms with Gasteiger partial charge in [-0.3, -0.25) is 4.79 Å². The molecule has 1 nitrogen and oxygen atoms in total. The summed E-state index contributed by atoms with van der Waals surface area (Å²) < 4.78 is 0. The van der Waals surface area contributed by atoms with Gasteiger partial charge < -0.3 is 0 Å². The molecule has 1 heteroatoms. The van der Waals surface area contributed by atoms with E-state index in [1.807, 2.05) is 24.3 Å². The number of carbonyl (C=O) groups is 1. The summed E-state index contributed by atoms with van der Waals surface area (Å²) in [7, 11) is 0. The molecule has 0 amide bonds. The Balaban J connectivity index is 2.15. The lowest BCUT2D eigenvalue weighted by Gasteiger charge is -2.26. The summed E-state index contributed by atoms with van der Waals surface area (Å²) in [5, 5.41) is 0. The molecule has 0 saturated carbocycles. The third-order valence-electron chi connectivity index (χ3n) is 5.60. The van der Waals surface area contributed by atoms with E-state index in [4.69, 9.17) is 0 Å². The van der Waals surface area contributed by atoms with E-state index in [-0.39, 0.29) is 5.78 Å². The number of Topliss-reactive ketones (excluding diaryl/α,β-unsaturated/α-hetero) is 1. The lowest BCUT2D eigenvalue weighted by molar-refractivity contribution is 0.0974. The molecular formula is C26H34O. The van der Waals surface area contributed by atoms with Crippen molar-refractivity contribution >= 4 is 5.78 Å². The lowest BCUT2D eigenvalue weighted by Crippen LogP contribution is -2.14. The van der Waals surface area contributed by atoms with Crippen molar-refractivity contribution in [2.75, 3.05) is 0 Å². The fourth-order valence-corrected chi connectivity index (χ4v) is 3.67. The molecule has 0 N–H and O–H groups in total. The molecule has 0 radical (unpaired) electrons. The zero-order chi connectivity index (χ0) is 19.8. The fraction of sp³-hybridized carbons (Fsp3) is 0.423. The van der Waals surface area contributed by atoms with Gasteiger partial charge in [-0.15, -0.1) is 0 Å². The van der Waals surface area contributed by atoms with Gasteiger partial charge in [-0.1, -0.05) is 91.6 Å². The van der Waals surface area contributed by atoms with Crippen molar-refractivity contribution in [1.82, 2.24) is 0 Å². The number of benzene rings is 2. The summed E-state index contributed by atoms with van der Waals surface area (Å²) >= 11 is 0. The van der Waals surface area contributed by atoms with E-state index in [0.717, 1.165) is 24.8 Å². The van der Waals surface area contributed by atoms with E-state index in [9.17, 15) is 4.79 Å². The number of allylic oxidation sites excluding steroid dienone is 2. The molecule has 0 heterocycles. The third-order valence-corrected chi connectivity index (χ3v) is 5.60. The number of unbranched alkanes of at least 4 members (excludes halogenated alkanes) is 1. The van der Waals surface area contributed by atoms with Crippen LogP contribution in [0.15, 0.2) is 60.2 Å². The third kappa shape index (κ3) is 6.20. The normalized spacial score (nSPS) is 14.0. The van der Waals surface area contributed by atoms with Crippen LogP contribution >= 0.6 is 0 Å². The van der Waals surface area contributed by atoms with Crippen LogP contribution in [0, 0.1) is 19.8 Å². The molecule has 2 rings (SSSR count). The summed E-state index contributed by atoms with van der Waals surface area (Å²) in [6.07, 6.45) is 6.13. The van der Waals surface area contributed by atoms with Crippen LogP contribution in [0.1, 0.15) is 79.4 Å². The SMILES string of the molecule is CCCC=C(C)[C@H](CCC(=O)c1ccc(C)cc1)[C@H](C)c1ccc(C)cc1. The van der Waals surface area contributed by atoms with Gasteiger partial charge >= 0.3 is 0 Å². The zero-order valence-corrected chi connectivity index (χ0v) is 17.6. The van der Waals surface area contributed by atoms with E-state index in [1.165, 1.54) is 22.3 Å². The van der Waals surface area contributed by atoms with Gasteiger partial charge in [0.15, 0.2) is 5.78 Å². The van der Waals surface area contributed by atoms with Crippen LogP contribution in [0.25, 0.3) is 0 Å². The Kier molecular flexibility index (Phi) is 8.03. The number of ketones is 1. The largest absolute Gasteiger partial charge is 0.294 e. The molecule has 0 bridgehead atoms. The second-order valence-electron chi connectivity index (χ2n) is 7.87. The first-order valence-corrected chi connectivity index (χ1v) is 10.3. The maximum atomic E-state index is 12.7. The highest BCUT2D eigenvalue weighted by Crippen LogP contribution is 2.34. The first-order valence-electron chi connectivity index (χ1n) is 10.3. The molecule has 0 unspecified atom stereocenters. The first kappa shape index (κ1) is 21.2. The summed E-state index contributed by atoms with van der Waals surface area (Å²) in [6.45, 7) is 10.9. The first-order chi connectivity index (χ1) is 12.9. The van der Waals surface area contributed by atoms with Crippen molar-refractivity contribution in [2.45, 2.75) is 66.2 Å². The fourth-order valence-electron chi connectivity index (χ4n) is 3.67. The molecule has 144 valence electrons. The van der Waals surface area contributed by atoms with Crippen LogP contribution in [0.3, 0.4) is 0 Å². The maximum Gasteiger partial charge on any atom is 0.162 e. The van der Waals surface area contributed by atoms with Crippen LogP contribution < -0.4 is 0 Å². The van der Waals surface area contributed by atoms with Crippen molar-refractivity contribution in [1.29, 1.82) is 0 Å². The van der Waals surface area contributed by atoms with Crippen LogP contribution in [0.2, 0.25) is 0 Å². The molecule has 2 atom stereocenters. The number of hydrogen-bond donors (Lipinski definition) is 0. The molecule has 2 aromatic rings. The monoisotopic (exact) mass is 362 g/mol. The van der Waals surface area contributed by atoms with Crippen molar-refractivity contribution in [3.05, 3.63) is 82.4 Å². The molecule has 27 heavy (non-hydrogen) atoms. The van der Waals surface area contributed by atoms with Gasteiger partial charge in [-0.05, 0) is 51.0 Å². The topological polar surface area (TPSA) is 17.1 Å². The lowest BCUT2D eigenvalue weighted by atomic mass is 9.79. The highest BCUT2D eigenvalue weighted by atomic mass is 16.1. The van der Waals surface area contributed by atoms with Crippen LogP contribution in [0.5, 0.6) is 0 Å². The minimum atomic E-state index is 0.249. The van der Waals surface area contributed by atoms with Gasteiger partial charge in [0.05, 0.1) is 0 Å². The van der Waals surface area contributed by atoms with E-state index in [0.29, 0.717) is 18.3 Å². The van der Waals surface area contributed by atoms with E-state index >= 15 is 0 Å². The van der Waals surface area contributed by atoms with Crippen molar-refractivity contribution in [3.8, 4) is 0 Å². The summed E-state index contributed by atoms with van der Waals surface area (Å²) in [5.74, 6) is 1.05. The molecule has 0 aliphatic rings. The summed E-state index contributed by atoms with van der Waals surface area (Å²) in [6, 6.07) is 16.8. The number of carbonyl (C=O) groups excluding carboxylic acids is 1. The maximum absolute atomic E-state index is 12.7. The number of aryl methyl sites for hydroxylation is 2. The molecule has 0 aliphatic heterocycles. The Morgan fingerprint density at radius 1 is 0.963 bits per heavy atom. The molecule has 0 spiro atoms. The smallest absolute Gasteiger partial charge is 0.162 e. The van der Waals surface area contributed by atoms with E-state index < -0.39 is 0 Å². The highest BCUT2D eigenvalue weighted by Gasteiger charge is 2.22.